The Morgan fingerprint density at radius 2 is 1.94 bits per heavy atom. The number of piperidine rings is 1. The number of hydrogen-bond donors (Lipinski definition) is 1. The topological polar surface area (TPSA) is 75.9 Å². The Labute approximate surface area is 107 Å². The zero-order valence-corrected chi connectivity index (χ0v) is 10.7. The van der Waals surface area contributed by atoms with Crippen LogP contribution in [0, 0.1) is 11.8 Å². The second-order valence-electron chi connectivity index (χ2n) is 5.82. The fraction of sp³-hybridized carbons (Fsp3) is 0.846. The van der Waals surface area contributed by atoms with E-state index in [0.29, 0.717) is 18.9 Å². The molecule has 2 aliphatic heterocycles. The van der Waals surface area contributed by atoms with E-state index in [1.807, 2.05) is 11.8 Å². The average molecular weight is 252 g/mol. The summed E-state index contributed by atoms with van der Waals surface area (Å²) in [5, 5.41) is 0. The minimum absolute atomic E-state index is 0.0582. The molecule has 1 aliphatic carbocycles. The summed E-state index contributed by atoms with van der Waals surface area (Å²) in [4.78, 5) is 25.5. The molecule has 3 aliphatic rings. The van der Waals surface area contributed by atoms with Gasteiger partial charge in [0.1, 0.15) is 0 Å². The maximum absolute atomic E-state index is 12.3. The fourth-order valence-electron chi connectivity index (χ4n) is 3.07. The Balaban J connectivity index is 1.69. The lowest BCUT2D eigenvalue weighted by Gasteiger charge is -2.38. The Bertz CT molecular complexity index is 380. The Morgan fingerprint density at radius 1 is 1.28 bits per heavy atom. The molecule has 0 aromatic carbocycles. The Morgan fingerprint density at radius 3 is 2.44 bits per heavy atom. The van der Waals surface area contributed by atoms with Crippen molar-refractivity contribution in [3.8, 4) is 0 Å². The van der Waals surface area contributed by atoms with Crippen LogP contribution < -0.4 is 5.73 Å². The molecule has 1 saturated carbocycles. The van der Waals surface area contributed by atoms with Crippen molar-refractivity contribution < 1.29 is 14.3 Å². The SMILES string of the molecule is C[C@@H]1O[C@H]1C(=O)N1CC[C@H](C(N)=O)C[C@H]1C1CC1. The van der Waals surface area contributed by atoms with Crippen molar-refractivity contribution in [2.45, 2.75) is 50.9 Å². The van der Waals surface area contributed by atoms with Crippen LogP contribution in [0.1, 0.15) is 32.6 Å². The van der Waals surface area contributed by atoms with Crippen LogP contribution in [0.3, 0.4) is 0 Å². The van der Waals surface area contributed by atoms with Gasteiger partial charge in [0, 0.05) is 18.5 Å². The molecule has 0 aromatic heterocycles. The van der Waals surface area contributed by atoms with Gasteiger partial charge in [-0.3, -0.25) is 9.59 Å². The summed E-state index contributed by atoms with van der Waals surface area (Å²) in [6.07, 6.45) is 3.60. The minimum Gasteiger partial charge on any atom is -0.369 e. The van der Waals surface area contributed by atoms with Crippen LogP contribution in [0.5, 0.6) is 0 Å². The van der Waals surface area contributed by atoms with Gasteiger partial charge in [-0.15, -0.1) is 0 Å². The summed E-state index contributed by atoms with van der Waals surface area (Å²) in [5.74, 6) is 0.411. The minimum atomic E-state index is -0.239. The Kier molecular flexibility index (Phi) is 2.81. The third-order valence-corrected chi connectivity index (χ3v) is 4.45. The highest BCUT2D eigenvalue weighted by molar-refractivity contribution is 5.84. The van der Waals surface area contributed by atoms with Crippen LogP contribution in [-0.2, 0) is 14.3 Å². The van der Waals surface area contributed by atoms with E-state index in [-0.39, 0.29) is 36.0 Å². The maximum atomic E-state index is 12.3. The molecule has 0 radical (unpaired) electrons. The summed E-state index contributed by atoms with van der Waals surface area (Å²) in [7, 11) is 0. The summed E-state index contributed by atoms with van der Waals surface area (Å²) in [6.45, 7) is 2.57. The van der Waals surface area contributed by atoms with Crippen LogP contribution in [0.2, 0.25) is 0 Å². The number of primary amides is 1. The molecule has 18 heavy (non-hydrogen) atoms. The van der Waals surface area contributed by atoms with Gasteiger partial charge < -0.3 is 15.4 Å². The van der Waals surface area contributed by atoms with E-state index in [0.717, 1.165) is 6.42 Å². The van der Waals surface area contributed by atoms with Gasteiger partial charge in [0.15, 0.2) is 6.10 Å². The van der Waals surface area contributed by atoms with Crippen molar-refractivity contribution in [2.75, 3.05) is 6.54 Å². The first kappa shape index (κ1) is 12.0. The quantitative estimate of drug-likeness (QED) is 0.733. The highest BCUT2D eigenvalue weighted by atomic mass is 16.6. The number of likely N-dealkylation sites (tertiary alicyclic amines) is 1. The molecule has 0 spiro atoms. The molecular weight excluding hydrogens is 232 g/mol. The van der Waals surface area contributed by atoms with Gasteiger partial charge in [-0.05, 0) is 38.5 Å². The van der Waals surface area contributed by atoms with Crippen LogP contribution in [0.15, 0.2) is 0 Å². The predicted octanol–water partition coefficient (Wildman–Crippen LogP) is 0.276. The molecule has 3 rings (SSSR count). The Hall–Kier alpha value is -1.10. The number of carbonyl (C=O) groups excluding carboxylic acids is 2. The lowest BCUT2D eigenvalue weighted by atomic mass is 9.87. The van der Waals surface area contributed by atoms with Crippen molar-refractivity contribution >= 4 is 11.8 Å². The smallest absolute Gasteiger partial charge is 0.254 e. The van der Waals surface area contributed by atoms with Gasteiger partial charge >= 0.3 is 0 Å². The molecule has 0 unspecified atom stereocenters. The highest BCUT2D eigenvalue weighted by Crippen LogP contribution is 2.42. The fourth-order valence-corrected chi connectivity index (χ4v) is 3.07. The number of ether oxygens (including phenoxy) is 1. The van der Waals surface area contributed by atoms with E-state index >= 15 is 0 Å². The largest absolute Gasteiger partial charge is 0.369 e. The first-order valence-electron chi connectivity index (χ1n) is 6.83. The zero-order chi connectivity index (χ0) is 12.9. The van der Waals surface area contributed by atoms with E-state index < -0.39 is 0 Å². The van der Waals surface area contributed by atoms with E-state index in [1.54, 1.807) is 0 Å². The number of carbonyl (C=O) groups is 2. The number of rotatable bonds is 3. The summed E-state index contributed by atoms with van der Waals surface area (Å²) in [6, 6.07) is 0.208. The predicted molar refractivity (Wildman–Crippen MR) is 64.5 cm³/mol. The standard InChI is InChI=1S/C13H20N2O3/c1-7-11(18-7)13(17)15-5-4-9(12(14)16)6-10(15)8-2-3-8/h7-11H,2-6H2,1H3,(H2,14,16)/t7-,9-,10-,11+/m0/s1. The second-order valence-corrected chi connectivity index (χ2v) is 5.82. The number of nitrogens with zero attached hydrogens (tertiary/aromatic N) is 1. The normalized spacial score (nSPS) is 39.5. The molecular formula is C13H20N2O3. The van der Waals surface area contributed by atoms with Gasteiger partial charge in [-0.25, -0.2) is 0 Å². The lowest BCUT2D eigenvalue weighted by molar-refractivity contribution is -0.140. The molecule has 0 bridgehead atoms. The van der Waals surface area contributed by atoms with E-state index in [4.69, 9.17) is 10.5 Å². The molecule has 2 saturated heterocycles. The third kappa shape index (κ3) is 2.11. The monoisotopic (exact) mass is 252 g/mol. The van der Waals surface area contributed by atoms with E-state index in [9.17, 15) is 9.59 Å². The van der Waals surface area contributed by atoms with E-state index in [1.165, 1.54) is 12.8 Å². The van der Waals surface area contributed by atoms with Crippen molar-refractivity contribution in [3.63, 3.8) is 0 Å². The molecule has 2 heterocycles. The summed E-state index contributed by atoms with van der Waals surface area (Å²) in [5.41, 5.74) is 5.40. The van der Waals surface area contributed by atoms with Crippen LogP contribution in [0.4, 0.5) is 0 Å². The molecule has 5 nitrogen and oxygen atoms in total. The molecule has 5 heteroatoms. The third-order valence-electron chi connectivity index (χ3n) is 4.45. The number of amides is 2. The van der Waals surface area contributed by atoms with Crippen molar-refractivity contribution in [1.82, 2.24) is 4.90 Å². The molecule has 2 N–H and O–H groups in total. The molecule has 4 atom stereocenters. The second kappa shape index (κ2) is 4.23. The number of hydrogen-bond acceptors (Lipinski definition) is 3. The molecule has 2 amide bonds. The summed E-state index contributed by atoms with van der Waals surface area (Å²) < 4.78 is 5.27. The van der Waals surface area contributed by atoms with Crippen molar-refractivity contribution in [2.24, 2.45) is 17.6 Å². The van der Waals surface area contributed by atoms with Gasteiger partial charge in [-0.2, -0.15) is 0 Å². The van der Waals surface area contributed by atoms with E-state index in [2.05, 4.69) is 0 Å². The van der Waals surface area contributed by atoms with Gasteiger partial charge in [0.2, 0.25) is 5.91 Å². The summed E-state index contributed by atoms with van der Waals surface area (Å²) >= 11 is 0. The van der Waals surface area contributed by atoms with Crippen LogP contribution >= 0.6 is 0 Å². The maximum Gasteiger partial charge on any atom is 0.254 e. The van der Waals surface area contributed by atoms with Crippen molar-refractivity contribution in [3.05, 3.63) is 0 Å². The van der Waals surface area contributed by atoms with Crippen LogP contribution in [-0.4, -0.2) is 41.5 Å². The molecule has 3 fully saturated rings. The van der Waals surface area contributed by atoms with Gasteiger partial charge in [0.25, 0.3) is 5.91 Å². The van der Waals surface area contributed by atoms with Gasteiger partial charge in [-0.1, -0.05) is 0 Å². The first-order valence-corrected chi connectivity index (χ1v) is 6.83. The molecule has 0 aromatic rings. The lowest BCUT2D eigenvalue weighted by Crippen LogP contribution is -2.51. The zero-order valence-electron chi connectivity index (χ0n) is 10.7. The number of nitrogens with two attached hydrogens (primary N) is 1. The highest BCUT2D eigenvalue weighted by Gasteiger charge is 2.49. The van der Waals surface area contributed by atoms with Crippen molar-refractivity contribution in [1.29, 1.82) is 0 Å². The average Bonchev–Trinajstić information content (AvgIpc) is 3.22. The molecule has 100 valence electrons. The first-order chi connectivity index (χ1) is 8.58. The van der Waals surface area contributed by atoms with Gasteiger partial charge in [0.05, 0.1) is 6.10 Å². The van der Waals surface area contributed by atoms with Crippen LogP contribution in [0.25, 0.3) is 0 Å². The number of epoxide rings is 1.